The first-order valence-electron chi connectivity index (χ1n) is 8.50. The van der Waals surface area contributed by atoms with Gasteiger partial charge in [0.05, 0.1) is 19.6 Å². The van der Waals surface area contributed by atoms with E-state index in [1.165, 1.54) is 11.9 Å². The highest BCUT2D eigenvalue weighted by atomic mass is 127. The zero-order valence-electron chi connectivity index (χ0n) is 15.3. The van der Waals surface area contributed by atoms with Crippen LogP contribution in [-0.4, -0.2) is 86.7 Å². The molecule has 26 heavy (non-hydrogen) atoms. The van der Waals surface area contributed by atoms with Gasteiger partial charge in [0.25, 0.3) is 0 Å². The van der Waals surface area contributed by atoms with Crippen LogP contribution in [0.4, 0.5) is 13.2 Å². The number of hydrogen-bond donors (Lipinski definition) is 3. The first-order chi connectivity index (χ1) is 11.7. The molecular weight excluding hydrogens is 464 g/mol. The highest BCUT2D eigenvalue weighted by Crippen LogP contribution is 2.15. The van der Waals surface area contributed by atoms with Gasteiger partial charge in [-0.05, 0) is 26.8 Å². The molecule has 154 valence electrons. The molecule has 0 unspecified atom stereocenters. The van der Waals surface area contributed by atoms with Crippen molar-refractivity contribution in [1.29, 1.82) is 0 Å². The molecule has 1 rings (SSSR count). The Hall–Kier alpha value is -0.820. The van der Waals surface area contributed by atoms with E-state index in [0.29, 0.717) is 12.5 Å². The highest BCUT2D eigenvalue weighted by molar-refractivity contribution is 14.0. The van der Waals surface area contributed by atoms with Crippen LogP contribution in [0, 0.1) is 0 Å². The van der Waals surface area contributed by atoms with Crippen molar-refractivity contribution >= 4 is 35.8 Å². The largest absolute Gasteiger partial charge is 0.401 e. The number of nitrogens with zero attached hydrogens (tertiary/aromatic N) is 3. The number of likely N-dealkylation sites (N-methyl/N-ethyl adjacent to an activating group) is 1. The van der Waals surface area contributed by atoms with Gasteiger partial charge in [-0.2, -0.15) is 13.2 Å². The summed E-state index contributed by atoms with van der Waals surface area (Å²) in [6.45, 7) is 3.99. The minimum atomic E-state index is -4.19. The third kappa shape index (κ3) is 11.7. The Bertz CT molecular complexity index is 442. The van der Waals surface area contributed by atoms with Crippen molar-refractivity contribution in [3.63, 3.8) is 0 Å². The van der Waals surface area contributed by atoms with Crippen molar-refractivity contribution in [2.24, 2.45) is 10.7 Å². The lowest BCUT2D eigenvalue weighted by atomic mass is 10.1. The number of carbonyl (C=O) groups is 1. The van der Waals surface area contributed by atoms with E-state index in [0.717, 1.165) is 25.9 Å². The molecule has 1 aliphatic heterocycles. The molecule has 0 saturated carbocycles. The average molecular weight is 494 g/mol. The molecule has 0 radical (unpaired) electrons. The molecule has 0 atom stereocenters. The molecule has 7 nitrogen and oxygen atoms in total. The van der Waals surface area contributed by atoms with Crippen molar-refractivity contribution in [1.82, 2.24) is 20.4 Å². The summed E-state index contributed by atoms with van der Waals surface area (Å²) < 4.78 is 36.9. The molecule has 1 fully saturated rings. The van der Waals surface area contributed by atoms with E-state index < -0.39 is 12.7 Å². The molecule has 1 heterocycles. The molecule has 0 aromatic heterocycles. The molecule has 4 N–H and O–H groups in total. The predicted molar refractivity (Wildman–Crippen MR) is 107 cm³/mol. The number of nitrogens with one attached hydrogen (secondary N) is 2. The zero-order chi connectivity index (χ0) is 18.9. The Kier molecular flexibility index (Phi) is 12.2. The maximum atomic E-state index is 12.3. The Morgan fingerprint density at radius 3 is 2.46 bits per heavy atom. The number of amides is 1. The van der Waals surface area contributed by atoms with Crippen LogP contribution in [0.15, 0.2) is 4.99 Å². The lowest BCUT2D eigenvalue weighted by Gasteiger charge is -2.32. The van der Waals surface area contributed by atoms with Gasteiger partial charge < -0.3 is 16.4 Å². The van der Waals surface area contributed by atoms with Crippen LogP contribution in [0.2, 0.25) is 0 Å². The summed E-state index contributed by atoms with van der Waals surface area (Å²) >= 11 is 0. The predicted octanol–water partition coefficient (Wildman–Crippen LogP) is 0.603. The number of likely N-dealkylation sites (tertiary alicyclic amines) is 1. The third-order valence-corrected chi connectivity index (χ3v) is 3.85. The maximum Gasteiger partial charge on any atom is 0.401 e. The highest BCUT2D eigenvalue weighted by Gasteiger charge is 2.28. The Morgan fingerprint density at radius 2 is 1.96 bits per heavy atom. The number of carbonyl (C=O) groups excluding carboxylic acids is 1. The normalized spacial score (nSPS) is 17.1. The molecule has 0 aliphatic carbocycles. The number of hydrogen-bond acceptors (Lipinski definition) is 4. The molecule has 0 aromatic carbocycles. The minimum absolute atomic E-state index is 0. The number of rotatable bonds is 8. The average Bonchev–Trinajstić information content (AvgIpc) is 2.47. The van der Waals surface area contributed by atoms with E-state index in [4.69, 9.17) is 5.73 Å². The quantitative estimate of drug-likeness (QED) is 0.262. The van der Waals surface area contributed by atoms with Gasteiger partial charge in [-0.15, -0.1) is 24.0 Å². The lowest BCUT2D eigenvalue weighted by molar-refractivity contribution is -0.142. The second-order valence-electron chi connectivity index (χ2n) is 6.27. The van der Waals surface area contributed by atoms with Gasteiger partial charge in [0.1, 0.15) is 0 Å². The van der Waals surface area contributed by atoms with E-state index >= 15 is 0 Å². The van der Waals surface area contributed by atoms with Gasteiger partial charge in [-0.1, -0.05) is 0 Å². The van der Waals surface area contributed by atoms with Crippen LogP contribution >= 0.6 is 24.0 Å². The lowest BCUT2D eigenvalue weighted by Crippen LogP contribution is -2.50. The summed E-state index contributed by atoms with van der Waals surface area (Å²) in [5, 5.41) is 6.41. The standard InChI is InChI=1S/C15H29F3N6O.HI/c1-3-20-14(21-6-9-23(2)11-15(16,17)18)22-12-4-7-24(8-5-12)10-13(19)25;/h12H,3-11H2,1-2H3,(H2,19,25)(H2,20,21,22);1H. The van der Waals surface area contributed by atoms with Crippen LogP contribution in [0.5, 0.6) is 0 Å². The van der Waals surface area contributed by atoms with Crippen molar-refractivity contribution in [3.8, 4) is 0 Å². The summed E-state index contributed by atoms with van der Waals surface area (Å²) in [5.41, 5.74) is 5.20. The van der Waals surface area contributed by atoms with Crippen LogP contribution in [0.3, 0.4) is 0 Å². The third-order valence-electron chi connectivity index (χ3n) is 3.85. The summed E-state index contributed by atoms with van der Waals surface area (Å²) in [4.78, 5) is 18.5. The number of aliphatic imine (C=N–C) groups is 1. The fraction of sp³-hybridized carbons (Fsp3) is 0.867. The number of alkyl halides is 3. The smallest absolute Gasteiger partial charge is 0.369 e. The first kappa shape index (κ1) is 25.2. The first-order valence-corrected chi connectivity index (χ1v) is 8.50. The number of halogens is 4. The van der Waals surface area contributed by atoms with E-state index in [1.807, 2.05) is 11.8 Å². The van der Waals surface area contributed by atoms with Gasteiger partial charge >= 0.3 is 6.18 Å². The number of primary amides is 1. The molecule has 1 aliphatic rings. The van der Waals surface area contributed by atoms with Gasteiger partial charge in [0.2, 0.25) is 5.91 Å². The zero-order valence-corrected chi connectivity index (χ0v) is 17.6. The monoisotopic (exact) mass is 494 g/mol. The Balaban J connectivity index is 0.00000625. The topological polar surface area (TPSA) is 86.0 Å². The van der Waals surface area contributed by atoms with Crippen LogP contribution in [0.1, 0.15) is 19.8 Å². The molecule has 0 spiro atoms. The molecule has 1 amide bonds. The molecule has 0 bridgehead atoms. The van der Waals surface area contributed by atoms with Crippen molar-refractivity contribution in [3.05, 3.63) is 0 Å². The number of nitrogens with two attached hydrogens (primary N) is 1. The summed E-state index contributed by atoms with van der Waals surface area (Å²) in [7, 11) is 1.43. The second-order valence-corrected chi connectivity index (χ2v) is 6.27. The fourth-order valence-electron chi connectivity index (χ4n) is 2.69. The van der Waals surface area contributed by atoms with Crippen molar-refractivity contribution in [2.45, 2.75) is 32.0 Å². The number of piperidine rings is 1. The summed E-state index contributed by atoms with van der Waals surface area (Å²) in [6, 6.07) is 0.217. The van der Waals surface area contributed by atoms with E-state index in [2.05, 4.69) is 15.6 Å². The van der Waals surface area contributed by atoms with Gasteiger partial charge in [0.15, 0.2) is 5.96 Å². The minimum Gasteiger partial charge on any atom is -0.369 e. The van der Waals surface area contributed by atoms with E-state index in [9.17, 15) is 18.0 Å². The summed E-state index contributed by atoms with van der Waals surface area (Å²) in [5.74, 6) is 0.278. The Morgan fingerprint density at radius 1 is 1.35 bits per heavy atom. The second kappa shape index (κ2) is 12.5. The summed E-state index contributed by atoms with van der Waals surface area (Å²) in [6.07, 6.45) is -2.49. The van der Waals surface area contributed by atoms with E-state index in [-0.39, 0.29) is 55.6 Å². The molecule has 0 aromatic rings. The van der Waals surface area contributed by atoms with E-state index in [1.54, 1.807) is 0 Å². The fourth-order valence-corrected chi connectivity index (χ4v) is 2.69. The van der Waals surface area contributed by atoms with Crippen molar-refractivity contribution in [2.75, 3.05) is 52.9 Å². The molecule has 1 saturated heterocycles. The van der Waals surface area contributed by atoms with Crippen molar-refractivity contribution < 1.29 is 18.0 Å². The van der Waals surface area contributed by atoms with Gasteiger partial charge in [0, 0.05) is 32.2 Å². The molecular formula is C15H30F3IN6O. The SMILES string of the molecule is CCNC(=NCCN(C)CC(F)(F)F)NC1CCN(CC(N)=O)CC1.I. The maximum absolute atomic E-state index is 12.3. The number of guanidine groups is 1. The Labute approximate surface area is 169 Å². The van der Waals surface area contributed by atoms with Crippen LogP contribution in [-0.2, 0) is 4.79 Å². The van der Waals surface area contributed by atoms with Crippen LogP contribution < -0.4 is 16.4 Å². The van der Waals surface area contributed by atoms with Gasteiger partial charge in [-0.25, -0.2) is 0 Å². The van der Waals surface area contributed by atoms with Gasteiger partial charge in [-0.3, -0.25) is 19.6 Å². The van der Waals surface area contributed by atoms with Crippen LogP contribution in [0.25, 0.3) is 0 Å². The molecule has 11 heteroatoms.